The lowest BCUT2D eigenvalue weighted by Gasteiger charge is -2.20. The molecule has 12 heavy (non-hydrogen) atoms. The first kappa shape index (κ1) is 9.12. The highest BCUT2D eigenvalue weighted by Gasteiger charge is 2.19. The second-order valence-electron chi connectivity index (χ2n) is 4.14. The quantitative estimate of drug-likeness (QED) is 0.680. The zero-order valence-electron chi connectivity index (χ0n) is 7.70. The second-order valence-corrected chi connectivity index (χ2v) is 4.14. The topological polar surface area (TPSA) is 80.5 Å². The summed E-state index contributed by atoms with van der Waals surface area (Å²) in [5, 5.41) is 13.5. The minimum Gasteiger partial charge on any atom is -0.321 e. The Bertz CT molecular complexity index is 222. The van der Waals surface area contributed by atoms with Crippen molar-refractivity contribution in [2.45, 2.75) is 33.2 Å². The van der Waals surface area contributed by atoms with Crippen LogP contribution in [-0.2, 0) is 0 Å². The summed E-state index contributed by atoms with van der Waals surface area (Å²) >= 11 is 0. The van der Waals surface area contributed by atoms with Crippen LogP contribution < -0.4 is 5.73 Å². The van der Waals surface area contributed by atoms with Crippen LogP contribution in [0.15, 0.2) is 0 Å². The Morgan fingerprint density at radius 3 is 2.58 bits per heavy atom. The van der Waals surface area contributed by atoms with Crippen LogP contribution in [0.5, 0.6) is 0 Å². The molecule has 0 aliphatic rings. The third-order valence-corrected chi connectivity index (χ3v) is 1.53. The summed E-state index contributed by atoms with van der Waals surface area (Å²) in [6.07, 6.45) is 0.854. The molecule has 0 saturated carbocycles. The van der Waals surface area contributed by atoms with Crippen molar-refractivity contribution in [3.63, 3.8) is 0 Å². The molecule has 0 spiro atoms. The highest BCUT2D eigenvalue weighted by molar-refractivity contribution is 4.88. The summed E-state index contributed by atoms with van der Waals surface area (Å²) < 4.78 is 0. The van der Waals surface area contributed by atoms with Gasteiger partial charge in [0.05, 0.1) is 6.04 Å². The smallest absolute Gasteiger partial charge is 0.191 e. The highest BCUT2D eigenvalue weighted by atomic mass is 15.5. The molecule has 1 rings (SSSR count). The molecule has 0 saturated heterocycles. The largest absolute Gasteiger partial charge is 0.321 e. The van der Waals surface area contributed by atoms with Crippen molar-refractivity contribution in [1.29, 1.82) is 0 Å². The van der Waals surface area contributed by atoms with Gasteiger partial charge in [-0.25, -0.2) is 0 Å². The summed E-state index contributed by atoms with van der Waals surface area (Å²) in [6.45, 7) is 6.40. The molecule has 0 amide bonds. The van der Waals surface area contributed by atoms with Gasteiger partial charge >= 0.3 is 0 Å². The number of aromatic nitrogens is 4. The zero-order valence-corrected chi connectivity index (χ0v) is 7.70. The van der Waals surface area contributed by atoms with Gasteiger partial charge in [0.2, 0.25) is 0 Å². The summed E-state index contributed by atoms with van der Waals surface area (Å²) in [4.78, 5) is 0. The first-order valence-electron chi connectivity index (χ1n) is 3.98. The molecule has 1 aromatic rings. The van der Waals surface area contributed by atoms with Crippen LogP contribution in [0.2, 0.25) is 0 Å². The molecule has 5 nitrogen and oxygen atoms in total. The van der Waals surface area contributed by atoms with Crippen molar-refractivity contribution in [1.82, 2.24) is 20.6 Å². The molecule has 0 bridgehead atoms. The number of hydrogen-bond donors (Lipinski definition) is 2. The predicted octanol–water partition coefficient (Wildman–Crippen LogP) is 0.636. The Balaban J connectivity index is 2.56. The number of aromatic amines is 1. The van der Waals surface area contributed by atoms with Gasteiger partial charge in [0.25, 0.3) is 0 Å². The first-order chi connectivity index (χ1) is 5.49. The van der Waals surface area contributed by atoms with E-state index in [1.807, 2.05) is 0 Å². The molecule has 1 aromatic heterocycles. The molecule has 0 unspecified atom stereocenters. The van der Waals surface area contributed by atoms with Gasteiger partial charge in [-0.1, -0.05) is 26.0 Å². The van der Waals surface area contributed by atoms with E-state index in [0.29, 0.717) is 5.82 Å². The summed E-state index contributed by atoms with van der Waals surface area (Å²) in [5.74, 6) is 0.588. The van der Waals surface area contributed by atoms with Gasteiger partial charge in [-0.15, -0.1) is 10.2 Å². The van der Waals surface area contributed by atoms with E-state index in [9.17, 15) is 0 Å². The number of nitrogens with two attached hydrogens (primary N) is 1. The van der Waals surface area contributed by atoms with Gasteiger partial charge in [-0.3, -0.25) is 0 Å². The lowest BCUT2D eigenvalue weighted by atomic mass is 9.88. The van der Waals surface area contributed by atoms with Gasteiger partial charge in [-0.05, 0) is 11.8 Å². The van der Waals surface area contributed by atoms with Crippen LogP contribution in [0.25, 0.3) is 0 Å². The Kier molecular flexibility index (Phi) is 2.42. The fraction of sp³-hybridized carbons (Fsp3) is 0.857. The fourth-order valence-corrected chi connectivity index (χ4v) is 1.08. The second kappa shape index (κ2) is 3.18. The van der Waals surface area contributed by atoms with E-state index >= 15 is 0 Å². The van der Waals surface area contributed by atoms with Gasteiger partial charge in [0, 0.05) is 0 Å². The van der Waals surface area contributed by atoms with E-state index in [0.717, 1.165) is 6.42 Å². The Morgan fingerprint density at radius 2 is 2.17 bits per heavy atom. The molecule has 68 valence electrons. The standard InChI is InChI=1S/C7H15N5/c1-7(2,3)4-5(8)6-9-11-12-10-6/h5H,4,8H2,1-3H3,(H,9,10,11,12)/t5-/m0/s1. The van der Waals surface area contributed by atoms with E-state index in [-0.39, 0.29) is 11.5 Å². The van der Waals surface area contributed by atoms with Crippen molar-refractivity contribution < 1.29 is 0 Å². The molecule has 1 heterocycles. The average Bonchev–Trinajstić information content (AvgIpc) is 2.32. The SMILES string of the molecule is CC(C)(C)C[C@H](N)c1nn[nH]n1. The van der Waals surface area contributed by atoms with E-state index < -0.39 is 0 Å². The summed E-state index contributed by atoms with van der Waals surface area (Å²) in [5.41, 5.74) is 6.04. The number of tetrazole rings is 1. The summed E-state index contributed by atoms with van der Waals surface area (Å²) in [6, 6.07) is -0.122. The molecule has 1 atom stereocenters. The minimum absolute atomic E-state index is 0.122. The van der Waals surface area contributed by atoms with Gasteiger partial charge in [-0.2, -0.15) is 5.21 Å². The number of rotatable bonds is 2. The molecule has 0 fully saturated rings. The van der Waals surface area contributed by atoms with Crippen LogP contribution >= 0.6 is 0 Å². The van der Waals surface area contributed by atoms with Gasteiger partial charge < -0.3 is 5.73 Å². The lowest BCUT2D eigenvalue weighted by Crippen LogP contribution is -2.19. The van der Waals surface area contributed by atoms with Crippen molar-refractivity contribution in [3.8, 4) is 0 Å². The van der Waals surface area contributed by atoms with Crippen molar-refractivity contribution in [3.05, 3.63) is 5.82 Å². The molecule has 0 aliphatic carbocycles. The van der Waals surface area contributed by atoms with E-state index in [2.05, 4.69) is 41.4 Å². The van der Waals surface area contributed by atoms with E-state index in [4.69, 9.17) is 5.73 Å². The maximum atomic E-state index is 5.84. The van der Waals surface area contributed by atoms with Crippen LogP contribution in [0.4, 0.5) is 0 Å². The number of nitrogens with zero attached hydrogens (tertiary/aromatic N) is 3. The number of hydrogen-bond acceptors (Lipinski definition) is 4. The third-order valence-electron chi connectivity index (χ3n) is 1.53. The monoisotopic (exact) mass is 169 g/mol. The predicted molar refractivity (Wildman–Crippen MR) is 45.2 cm³/mol. The average molecular weight is 169 g/mol. The fourth-order valence-electron chi connectivity index (χ4n) is 1.08. The molecular weight excluding hydrogens is 154 g/mol. The normalized spacial score (nSPS) is 14.7. The van der Waals surface area contributed by atoms with Crippen molar-refractivity contribution in [2.75, 3.05) is 0 Å². The molecule has 3 N–H and O–H groups in total. The Labute approximate surface area is 71.7 Å². The van der Waals surface area contributed by atoms with Gasteiger partial charge in [0.15, 0.2) is 5.82 Å². The maximum Gasteiger partial charge on any atom is 0.191 e. The third kappa shape index (κ3) is 2.58. The van der Waals surface area contributed by atoms with Crippen molar-refractivity contribution >= 4 is 0 Å². The lowest BCUT2D eigenvalue weighted by molar-refractivity contribution is 0.337. The highest BCUT2D eigenvalue weighted by Crippen LogP contribution is 2.25. The Hall–Kier alpha value is -0.970. The molecule has 5 heteroatoms. The maximum absolute atomic E-state index is 5.84. The van der Waals surface area contributed by atoms with Crippen LogP contribution in [0.1, 0.15) is 39.1 Å². The first-order valence-corrected chi connectivity index (χ1v) is 3.98. The number of H-pyrrole nitrogens is 1. The van der Waals surface area contributed by atoms with Crippen LogP contribution in [-0.4, -0.2) is 20.6 Å². The molecule has 0 aromatic carbocycles. The minimum atomic E-state index is -0.122. The zero-order chi connectivity index (χ0) is 9.19. The van der Waals surface area contributed by atoms with E-state index in [1.54, 1.807) is 0 Å². The van der Waals surface area contributed by atoms with Crippen LogP contribution in [0.3, 0.4) is 0 Å². The summed E-state index contributed by atoms with van der Waals surface area (Å²) in [7, 11) is 0. The van der Waals surface area contributed by atoms with Crippen molar-refractivity contribution in [2.24, 2.45) is 11.1 Å². The number of nitrogens with one attached hydrogen (secondary N) is 1. The van der Waals surface area contributed by atoms with Crippen LogP contribution in [0, 0.1) is 5.41 Å². The molecular formula is C7H15N5. The van der Waals surface area contributed by atoms with E-state index in [1.165, 1.54) is 0 Å². The molecule has 0 aliphatic heterocycles. The molecule has 0 radical (unpaired) electrons. The Morgan fingerprint density at radius 1 is 1.50 bits per heavy atom. The van der Waals surface area contributed by atoms with Gasteiger partial charge in [0.1, 0.15) is 0 Å².